The molecule has 1 atom stereocenters. The normalized spacial score (nSPS) is 16.3. The summed E-state index contributed by atoms with van der Waals surface area (Å²) in [5.74, 6) is 0.833. The molecule has 0 spiro atoms. The Hall–Kier alpha value is -1.59. The first-order chi connectivity index (χ1) is 13.2. The van der Waals surface area contributed by atoms with Gasteiger partial charge in [-0.1, -0.05) is 12.1 Å². The number of amides is 1. The lowest BCUT2D eigenvalue weighted by Crippen LogP contribution is -2.37. The third kappa shape index (κ3) is 10.1. The van der Waals surface area contributed by atoms with Crippen molar-refractivity contribution in [1.82, 2.24) is 10.6 Å². The van der Waals surface area contributed by atoms with Crippen molar-refractivity contribution < 1.29 is 19.0 Å². The monoisotopic (exact) mass is 506 g/mol. The summed E-state index contributed by atoms with van der Waals surface area (Å²) in [6.45, 7) is 3.47. The highest BCUT2D eigenvalue weighted by atomic mass is 127. The van der Waals surface area contributed by atoms with Gasteiger partial charge in [-0.05, 0) is 37.0 Å². The number of hydrogen-bond acceptors (Lipinski definition) is 5. The number of nitrogens with one attached hydrogen (secondary N) is 2. The van der Waals surface area contributed by atoms with Gasteiger partial charge in [0, 0.05) is 33.4 Å². The average Bonchev–Trinajstić information content (AvgIpc) is 3.19. The third-order valence-electron chi connectivity index (χ3n) is 4.05. The Morgan fingerprint density at radius 1 is 1.39 bits per heavy atom. The molecule has 1 aromatic carbocycles. The Morgan fingerprint density at radius 2 is 2.25 bits per heavy atom. The molecule has 1 amide bonds. The molecule has 1 aromatic rings. The van der Waals surface area contributed by atoms with E-state index in [0.717, 1.165) is 43.9 Å². The standard InChI is InChI=1S/C19H30N4O4.HI/c1-21-19(22-8-4-9-25-13-17-7-3-10-26-17)23-12-15-5-2-6-16(11-15)27-14-18(20)24;/h2,5-6,11,17H,3-4,7-10,12-14H2,1H3,(H2,20,24)(H2,21,22,23);1H. The number of ether oxygens (including phenoxy) is 3. The summed E-state index contributed by atoms with van der Waals surface area (Å²) in [5, 5.41) is 6.50. The number of primary amides is 1. The topological polar surface area (TPSA) is 107 Å². The number of carbonyl (C=O) groups excluding carboxylic acids is 1. The average molecular weight is 506 g/mol. The van der Waals surface area contributed by atoms with Crippen LogP contribution in [0.4, 0.5) is 0 Å². The van der Waals surface area contributed by atoms with E-state index in [2.05, 4.69) is 15.6 Å². The van der Waals surface area contributed by atoms with Crippen molar-refractivity contribution in [3.63, 3.8) is 0 Å². The Morgan fingerprint density at radius 3 is 2.96 bits per heavy atom. The number of benzene rings is 1. The van der Waals surface area contributed by atoms with Gasteiger partial charge in [-0.3, -0.25) is 9.79 Å². The van der Waals surface area contributed by atoms with E-state index in [1.807, 2.05) is 18.2 Å². The SMILES string of the molecule is CN=C(NCCCOCC1CCCO1)NCc1cccc(OCC(N)=O)c1.I. The van der Waals surface area contributed by atoms with Gasteiger partial charge in [0.15, 0.2) is 12.6 Å². The van der Waals surface area contributed by atoms with Crippen molar-refractivity contribution in [2.24, 2.45) is 10.7 Å². The molecule has 28 heavy (non-hydrogen) atoms. The van der Waals surface area contributed by atoms with Gasteiger partial charge in [0.1, 0.15) is 5.75 Å². The number of nitrogens with two attached hydrogens (primary N) is 1. The lowest BCUT2D eigenvalue weighted by atomic mass is 10.2. The van der Waals surface area contributed by atoms with Gasteiger partial charge in [-0.2, -0.15) is 0 Å². The van der Waals surface area contributed by atoms with Crippen molar-refractivity contribution >= 4 is 35.8 Å². The van der Waals surface area contributed by atoms with Crippen LogP contribution in [0.2, 0.25) is 0 Å². The Bertz CT molecular complexity index is 609. The second-order valence-corrected chi connectivity index (χ2v) is 6.32. The highest BCUT2D eigenvalue weighted by Gasteiger charge is 2.14. The van der Waals surface area contributed by atoms with Gasteiger partial charge in [0.05, 0.1) is 12.7 Å². The minimum absolute atomic E-state index is 0. The summed E-state index contributed by atoms with van der Waals surface area (Å²) in [6, 6.07) is 7.49. The molecular weight excluding hydrogens is 475 g/mol. The van der Waals surface area contributed by atoms with Crippen LogP contribution in [0.15, 0.2) is 29.3 Å². The molecule has 1 unspecified atom stereocenters. The van der Waals surface area contributed by atoms with E-state index in [1.165, 1.54) is 0 Å². The highest BCUT2D eigenvalue weighted by molar-refractivity contribution is 14.0. The minimum Gasteiger partial charge on any atom is -0.484 e. The number of aliphatic imine (C=N–C) groups is 1. The van der Waals surface area contributed by atoms with Crippen LogP contribution in [0.3, 0.4) is 0 Å². The predicted molar refractivity (Wildman–Crippen MR) is 119 cm³/mol. The number of nitrogens with zero attached hydrogens (tertiary/aromatic N) is 1. The number of guanidine groups is 1. The van der Waals surface area contributed by atoms with Crippen molar-refractivity contribution in [2.45, 2.75) is 31.9 Å². The van der Waals surface area contributed by atoms with E-state index >= 15 is 0 Å². The van der Waals surface area contributed by atoms with Crippen molar-refractivity contribution in [2.75, 3.05) is 40.0 Å². The summed E-state index contributed by atoms with van der Waals surface area (Å²) >= 11 is 0. The molecular formula is C19H31IN4O4. The van der Waals surface area contributed by atoms with Crippen molar-refractivity contribution in [3.05, 3.63) is 29.8 Å². The van der Waals surface area contributed by atoms with Crippen LogP contribution >= 0.6 is 24.0 Å². The number of halogens is 1. The molecule has 1 heterocycles. The van der Waals surface area contributed by atoms with Gasteiger partial charge >= 0.3 is 0 Å². The maximum atomic E-state index is 10.8. The zero-order valence-electron chi connectivity index (χ0n) is 16.3. The van der Waals surface area contributed by atoms with E-state index in [-0.39, 0.29) is 36.7 Å². The minimum atomic E-state index is -0.497. The van der Waals surface area contributed by atoms with Gasteiger partial charge in [0.2, 0.25) is 0 Å². The second kappa shape index (κ2) is 14.4. The second-order valence-electron chi connectivity index (χ2n) is 6.32. The fourth-order valence-electron chi connectivity index (χ4n) is 2.68. The highest BCUT2D eigenvalue weighted by Crippen LogP contribution is 2.13. The summed E-state index contributed by atoms with van der Waals surface area (Å²) in [7, 11) is 1.73. The van der Waals surface area contributed by atoms with Crippen molar-refractivity contribution in [1.29, 1.82) is 0 Å². The Balaban J connectivity index is 0.00000392. The van der Waals surface area contributed by atoms with E-state index in [9.17, 15) is 4.79 Å². The maximum absolute atomic E-state index is 10.8. The summed E-state index contributed by atoms with van der Waals surface area (Å²) < 4.78 is 16.5. The zero-order chi connectivity index (χ0) is 19.3. The molecule has 0 aromatic heterocycles. The molecule has 4 N–H and O–H groups in total. The van der Waals surface area contributed by atoms with Crippen LogP contribution in [0.5, 0.6) is 5.75 Å². The molecule has 0 radical (unpaired) electrons. The summed E-state index contributed by atoms with van der Waals surface area (Å²) in [6.07, 6.45) is 3.40. The maximum Gasteiger partial charge on any atom is 0.255 e. The molecule has 1 aliphatic heterocycles. The number of carbonyl (C=O) groups is 1. The first-order valence-corrected chi connectivity index (χ1v) is 9.31. The Kier molecular flexibility index (Phi) is 12.6. The molecule has 9 heteroatoms. The molecule has 8 nitrogen and oxygen atoms in total. The van der Waals surface area contributed by atoms with Crippen LogP contribution in [0.25, 0.3) is 0 Å². The van der Waals surface area contributed by atoms with Gasteiger partial charge in [0.25, 0.3) is 5.91 Å². The van der Waals surface area contributed by atoms with Crippen LogP contribution < -0.4 is 21.1 Å². The first kappa shape index (κ1) is 24.4. The van der Waals surface area contributed by atoms with E-state index in [1.54, 1.807) is 13.1 Å². The fraction of sp³-hybridized carbons (Fsp3) is 0.579. The van der Waals surface area contributed by atoms with E-state index in [4.69, 9.17) is 19.9 Å². The lowest BCUT2D eigenvalue weighted by Gasteiger charge is -2.13. The van der Waals surface area contributed by atoms with Gasteiger partial charge < -0.3 is 30.6 Å². The van der Waals surface area contributed by atoms with Crippen LogP contribution in [0, 0.1) is 0 Å². The van der Waals surface area contributed by atoms with Crippen LogP contribution in [0.1, 0.15) is 24.8 Å². The molecule has 1 aliphatic rings. The molecule has 2 rings (SSSR count). The summed E-state index contributed by atoms with van der Waals surface area (Å²) in [5.41, 5.74) is 6.10. The zero-order valence-corrected chi connectivity index (χ0v) is 18.6. The largest absolute Gasteiger partial charge is 0.484 e. The van der Waals surface area contributed by atoms with Crippen LogP contribution in [-0.2, 0) is 20.8 Å². The third-order valence-corrected chi connectivity index (χ3v) is 4.05. The van der Waals surface area contributed by atoms with E-state index in [0.29, 0.717) is 25.5 Å². The molecule has 0 bridgehead atoms. The fourth-order valence-corrected chi connectivity index (χ4v) is 2.68. The number of hydrogen-bond donors (Lipinski definition) is 3. The quantitative estimate of drug-likeness (QED) is 0.182. The van der Waals surface area contributed by atoms with E-state index < -0.39 is 5.91 Å². The van der Waals surface area contributed by atoms with Crippen LogP contribution in [-0.4, -0.2) is 58.0 Å². The Labute approximate surface area is 183 Å². The molecule has 1 fully saturated rings. The molecule has 0 aliphatic carbocycles. The molecule has 0 saturated carbocycles. The van der Waals surface area contributed by atoms with Crippen molar-refractivity contribution in [3.8, 4) is 5.75 Å². The number of rotatable bonds is 11. The smallest absolute Gasteiger partial charge is 0.255 e. The molecule has 1 saturated heterocycles. The predicted octanol–water partition coefficient (Wildman–Crippen LogP) is 1.42. The first-order valence-electron chi connectivity index (χ1n) is 9.31. The lowest BCUT2D eigenvalue weighted by molar-refractivity contribution is -0.119. The molecule has 158 valence electrons. The van der Waals surface area contributed by atoms with Gasteiger partial charge in [-0.15, -0.1) is 24.0 Å². The van der Waals surface area contributed by atoms with Gasteiger partial charge in [-0.25, -0.2) is 0 Å². The summed E-state index contributed by atoms with van der Waals surface area (Å²) in [4.78, 5) is 15.0.